The Morgan fingerprint density at radius 1 is 1.32 bits per heavy atom. The van der Waals surface area contributed by atoms with Crippen molar-refractivity contribution in [3.63, 3.8) is 0 Å². The average molecular weight is 323 g/mol. The molecule has 0 aliphatic heterocycles. The van der Waals surface area contributed by atoms with E-state index in [1.54, 1.807) is 12.1 Å². The third kappa shape index (κ3) is 3.67. The standard InChI is InChI=1S/C16H19ClN2O3/c1-16(2,3)19-15(21)14(17)13(9-18-19)22-10-12(20)11-7-5-4-6-8-11/h4-9,12,20H,10H2,1-3H3. The number of aliphatic hydroxyl groups excluding tert-OH is 1. The van der Waals surface area contributed by atoms with Gasteiger partial charge in [-0.25, -0.2) is 4.68 Å². The van der Waals surface area contributed by atoms with E-state index in [1.807, 2.05) is 39.0 Å². The van der Waals surface area contributed by atoms with Gasteiger partial charge in [-0.15, -0.1) is 0 Å². The maximum absolute atomic E-state index is 12.2. The zero-order valence-electron chi connectivity index (χ0n) is 12.8. The molecule has 0 saturated carbocycles. The highest BCUT2D eigenvalue weighted by Gasteiger charge is 2.20. The summed E-state index contributed by atoms with van der Waals surface area (Å²) in [5, 5.41) is 14.1. The Balaban J connectivity index is 2.15. The normalized spacial score (nSPS) is 13.0. The van der Waals surface area contributed by atoms with E-state index in [4.69, 9.17) is 16.3 Å². The second-order valence-corrected chi connectivity index (χ2v) is 6.33. The first kappa shape index (κ1) is 16.5. The molecule has 2 aromatic rings. The van der Waals surface area contributed by atoms with Crippen molar-refractivity contribution < 1.29 is 9.84 Å². The van der Waals surface area contributed by atoms with Crippen LogP contribution < -0.4 is 10.3 Å². The molecule has 1 heterocycles. The van der Waals surface area contributed by atoms with Gasteiger partial charge < -0.3 is 9.84 Å². The summed E-state index contributed by atoms with van der Waals surface area (Å²) in [6.07, 6.45) is 0.592. The molecule has 0 fully saturated rings. The molecule has 0 amide bonds. The Bertz CT molecular complexity index is 693. The van der Waals surface area contributed by atoms with Crippen molar-refractivity contribution in [1.29, 1.82) is 0 Å². The highest BCUT2D eigenvalue weighted by atomic mass is 35.5. The number of benzene rings is 1. The third-order valence-corrected chi connectivity index (χ3v) is 3.45. The van der Waals surface area contributed by atoms with Gasteiger partial charge in [0.1, 0.15) is 12.7 Å². The van der Waals surface area contributed by atoms with Crippen LogP contribution in [0.3, 0.4) is 0 Å². The average Bonchev–Trinajstić information content (AvgIpc) is 2.48. The van der Waals surface area contributed by atoms with Gasteiger partial charge in [0.15, 0.2) is 10.8 Å². The van der Waals surface area contributed by atoms with Gasteiger partial charge in [-0.1, -0.05) is 41.9 Å². The molecule has 0 bridgehead atoms. The van der Waals surface area contributed by atoms with Crippen molar-refractivity contribution in [3.8, 4) is 5.75 Å². The fourth-order valence-corrected chi connectivity index (χ4v) is 2.12. The van der Waals surface area contributed by atoms with E-state index in [1.165, 1.54) is 10.9 Å². The Morgan fingerprint density at radius 3 is 2.55 bits per heavy atom. The van der Waals surface area contributed by atoms with Crippen molar-refractivity contribution in [3.05, 3.63) is 57.5 Å². The summed E-state index contributed by atoms with van der Waals surface area (Å²) in [6, 6.07) is 9.12. The van der Waals surface area contributed by atoms with Crippen molar-refractivity contribution in [2.75, 3.05) is 6.61 Å². The minimum absolute atomic E-state index is 0.00954. The Hall–Kier alpha value is -1.85. The predicted octanol–water partition coefficient (Wildman–Crippen LogP) is 2.76. The predicted molar refractivity (Wildman–Crippen MR) is 85.4 cm³/mol. The SMILES string of the molecule is CC(C)(C)n1ncc(OCC(O)c2ccccc2)c(Cl)c1=O. The van der Waals surface area contributed by atoms with E-state index in [-0.39, 0.29) is 17.4 Å². The fourth-order valence-electron chi connectivity index (χ4n) is 1.94. The number of aromatic nitrogens is 2. The van der Waals surface area contributed by atoms with E-state index in [0.717, 1.165) is 5.56 Å². The first-order valence-corrected chi connectivity index (χ1v) is 7.32. The third-order valence-electron chi connectivity index (χ3n) is 3.10. The number of halogens is 1. The molecular weight excluding hydrogens is 304 g/mol. The highest BCUT2D eigenvalue weighted by molar-refractivity contribution is 6.31. The van der Waals surface area contributed by atoms with Crippen LogP contribution >= 0.6 is 11.6 Å². The number of rotatable bonds is 4. The zero-order valence-corrected chi connectivity index (χ0v) is 13.5. The molecule has 1 aromatic carbocycles. The number of hydrogen-bond donors (Lipinski definition) is 1. The second kappa shape index (κ2) is 6.50. The second-order valence-electron chi connectivity index (χ2n) is 5.95. The topological polar surface area (TPSA) is 64.3 Å². The summed E-state index contributed by atoms with van der Waals surface area (Å²) < 4.78 is 6.75. The van der Waals surface area contributed by atoms with Crippen molar-refractivity contribution in [2.24, 2.45) is 0 Å². The molecule has 0 aliphatic rings. The molecule has 0 spiro atoms. The fraction of sp³-hybridized carbons (Fsp3) is 0.375. The monoisotopic (exact) mass is 322 g/mol. The maximum Gasteiger partial charge on any atom is 0.289 e. The minimum Gasteiger partial charge on any atom is -0.487 e. The molecule has 118 valence electrons. The highest BCUT2D eigenvalue weighted by Crippen LogP contribution is 2.22. The van der Waals surface area contributed by atoms with E-state index < -0.39 is 17.2 Å². The molecule has 1 aromatic heterocycles. The maximum atomic E-state index is 12.2. The van der Waals surface area contributed by atoms with E-state index >= 15 is 0 Å². The van der Waals surface area contributed by atoms with E-state index in [2.05, 4.69) is 5.10 Å². The minimum atomic E-state index is -0.803. The lowest BCUT2D eigenvalue weighted by Gasteiger charge is -2.21. The summed E-state index contributed by atoms with van der Waals surface area (Å²) in [6.45, 7) is 5.57. The molecule has 0 aliphatic carbocycles. The summed E-state index contributed by atoms with van der Waals surface area (Å²) in [5.74, 6) is 0.169. The number of ether oxygens (including phenoxy) is 1. The van der Waals surface area contributed by atoms with Gasteiger partial charge in [-0.3, -0.25) is 4.79 Å². The lowest BCUT2D eigenvalue weighted by molar-refractivity contribution is 0.107. The van der Waals surface area contributed by atoms with E-state index in [0.29, 0.717) is 0 Å². The van der Waals surface area contributed by atoms with Gasteiger partial charge in [-0.05, 0) is 26.3 Å². The molecule has 0 saturated heterocycles. The number of hydrogen-bond acceptors (Lipinski definition) is 4. The van der Waals surface area contributed by atoms with Gasteiger partial charge >= 0.3 is 0 Å². The van der Waals surface area contributed by atoms with Crippen LogP contribution in [-0.2, 0) is 5.54 Å². The molecule has 6 heteroatoms. The quantitative estimate of drug-likeness (QED) is 0.940. The van der Waals surface area contributed by atoms with Gasteiger partial charge in [-0.2, -0.15) is 5.10 Å². The summed E-state index contributed by atoms with van der Waals surface area (Å²) in [5.41, 5.74) is -0.154. The van der Waals surface area contributed by atoms with Crippen LogP contribution in [0.5, 0.6) is 5.75 Å². The van der Waals surface area contributed by atoms with Crippen LogP contribution in [0.1, 0.15) is 32.4 Å². The Morgan fingerprint density at radius 2 is 1.95 bits per heavy atom. The largest absolute Gasteiger partial charge is 0.487 e. The number of aliphatic hydroxyl groups is 1. The van der Waals surface area contributed by atoms with Crippen molar-refractivity contribution in [1.82, 2.24) is 9.78 Å². The number of nitrogens with zero attached hydrogens (tertiary/aromatic N) is 2. The molecule has 2 rings (SSSR count). The first-order valence-electron chi connectivity index (χ1n) is 6.95. The van der Waals surface area contributed by atoms with E-state index in [9.17, 15) is 9.90 Å². The molecule has 0 radical (unpaired) electrons. The smallest absolute Gasteiger partial charge is 0.289 e. The lowest BCUT2D eigenvalue weighted by atomic mass is 10.1. The summed E-state index contributed by atoms with van der Waals surface area (Å²) in [4.78, 5) is 12.2. The van der Waals surface area contributed by atoms with Crippen molar-refractivity contribution >= 4 is 11.6 Å². The zero-order chi connectivity index (χ0) is 16.3. The van der Waals surface area contributed by atoms with Gasteiger partial charge in [0.25, 0.3) is 5.56 Å². The van der Waals surface area contributed by atoms with Crippen LogP contribution in [0.15, 0.2) is 41.3 Å². The van der Waals surface area contributed by atoms with Crippen LogP contribution in [0.25, 0.3) is 0 Å². The van der Waals surface area contributed by atoms with Crippen molar-refractivity contribution in [2.45, 2.75) is 32.4 Å². The van der Waals surface area contributed by atoms with Crippen LogP contribution in [-0.4, -0.2) is 21.5 Å². The molecule has 5 nitrogen and oxygen atoms in total. The van der Waals surface area contributed by atoms with Gasteiger partial charge in [0.05, 0.1) is 11.7 Å². The van der Waals surface area contributed by atoms with Crippen LogP contribution in [0.2, 0.25) is 5.02 Å². The van der Waals surface area contributed by atoms with Crippen LogP contribution in [0.4, 0.5) is 0 Å². The first-order chi connectivity index (χ1) is 10.3. The molecule has 1 unspecified atom stereocenters. The molecule has 1 N–H and O–H groups in total. The van der Waals surface area contributed by atoms with Gasteiger partial charge in [0, 0.05) is 0 Å². The summed E-state index contributed by atoms with van der Waals surface area (Å²) >= 11 is 6.05. The molecular formula is C16H19ClN2O3. The lowest BCUT2D eigenvalue weighted by Crippen LogP contribution is -2.36. The Kier molecular flexibility index (Phi) is 4.88. The van der Waals surface area contributed by atoms with Gasteiger partial charge in [0.2, 0.25) is 0 Å². The molecule has 22 heavy (non-hydrogen) atoms. The van der Waals surface area contributed by atoms with Crippen LogP contribution in [0, 0.1) is 0 Å². The summed E-state index contributed by atoms with van der Waals surface area (Å²) in [7, 11) is 0. The molecule has 1 atom stereocenters. The Labute approximate surface area is 134 Å².